The lowest BCUT2D eigenvalue weighted by Gasteiger charge is -2.18. The Balaban J connectivity index is 1.78. The van der Waals surface area contributed by atoms with E-state index in [0.717, 1.165) is 0 Å². The Bertz CT molecular complexity index is 780. The van der Waals surface area contributed by atoms with E-state index in [1.165, 1.54) is 5.56 Å². The molecule has 1 amide bonds. The van der Waals surface area contributed by atoms with Crippen molar-refractivity contribution in [2.75, 3.05) is 13.2 Å². The van der Waals surface area contributed by atoms with E-state index in [2.05, 4.69) is 37.9 Å². The second kappa shape index (κ2) is 8.60. The maximum Gasteiger partial charge on any atom is 0.252 e. The first-order valence-electron chi connectivity index (χ1n) is 8.10. The summed E-state index contributed by atoms with van der Waals surface area (Å²) in [6.45, 7) is 6.92. The van der Waals surface area contributed by atoms with Crippen LogP contribution >= 0.6 is 11.6 Å². The summed E-state index contributed by atoms with van der Waals surface area (Å²) in [5.74, 6) is 6.17. The fourth-order valence-electron chi connectivity index (χ4n) is 2.14. The van der Waals surface area contributed by atoms with Gasteiger partial charge in [-0.25, -0.2) is 0 Å². The summed E-state index contributed by atoms with van der Waals surface area (Å²) in [6, 6.07) is 14.9. The minimum absolute atomic E-state index is 0.0716. The van der Waals surface area contributed by atoms with Crippen LogP contribution in [0.1, 0.15) is 36.7 Å². The number of carbonyl (C=O) groups is 1. The van der Waals surface area contributed by atoms with E-state index in [1.54, 1.807) is 12.1 Å². The molecule has 2 aromatic carbocycles. The molecule has 130 valence electrons. The number of benzene rings is 2. The Kier molecular flexibility index (Phi) is 6.50. The zero-order valence-electron chi connectivity index (χ0n) is 14.7. The van der Waals surface area contributed by atoms with Gasteiger partial charge in [-0.15, -0.1) is 0 Å². The van der Waals surface area contributed by atoms with Crippen molar-refractivity contribution in [1.82, 2.24) is 5.32 Å². The molecule has 0 atom stereocenters. The van der Waals surface area contributed by atoms with Crippen molar-refractivity contribution in [3.8, 4) is 17.6 Å². The van der Waals surface area contributed by atoms with E-state index in [1.807, 2.05) is 36.4 Å². The van der Waals surface area contributed by atoms with Gasteiger partial charge in [0.2, 0.25) is 0 Å². The number of hydrogen-bond donors (Lipinski definition) is 1. The molecule has 0 aliphatic carbocycles. The summed E-state index contributed by atoms with van der Waals surface area (Å²) in [5, 5.41) is 3.33. The molecule has 0 heterocycles. The SMILES string of the molecule is CC(C)(C)c1ccc(C(=O)NCC#CCOc2ccccc2Cl)cc1. The van der Waals surface area contributed by atoms with Crippen LogP contribution in [-0.2, 0) is 5.41 Å². The van der Waals surface area contributed by atoms with E-state index in [4.69, 9.17) is 16.3 Å². The predicted octanol–water partition coefficient (Wildman–Crippen LogP) is 4.45. The lowest BCUT2D eigenvalue weighted by molar-refractivity contribution is 0.0958. The first-order chi connectivity index (χ1) is 11.9. The largest absolute Gasteiger partial charge is 0.479 e. The average molecular weight is 356 g/mol. The van der Waals surface area contributed by atoms with E-state index in [0.29, 0.717) is 16.3 Å². The Morgan fingerprint density at radius 2 is 1.76 bits per heavy atom. The number of halogens is 1. The van der Waals surface area contributed by atoms with Gasteiger partial charge in [0.1, 0.15) is 12.4 Å². The smallest absolute Gasteiger partial charge is 0.252 e. The Morgan fingerprint density at radius 1 is 1.08 bits per heavy atom. The molecule has 0 spiro atoms. The van der Waals surface area contributed by atoms with Crippen LogP contribution in [0, 0.1) is 11.8 Å². The van der Waals surface area contributed by atoms with Crippen molar-refractivity contribution >= 4 is 17.5 Å². The van der Waals surface area contributed by atoms with Gasteiger partial charge in [0, 0.05) is 5.56 Å². The minimum atomic E-state index is -0.137. The van der Waals surface area contributed by atoms with Crippen molar-refractivity contribution in [2.45, 2.75) is 26.2 Å². The topological polar surface area (TPSA) is 38.3 Å². The molecule has 0 saturated heterocycles. The molecule has 0 bridgehead atoms. The average Bonchev–Trinajstić information content (AvgIpc) is 2.58. The molecule has 0 aliphatic rings. The zero-order valence-corrected chi connectivity index (χ0v) is 15.5. The molecule has 3 nitrogen and oxygen atoms in total. The number of amides is 1. The van der Waals surface area contributed by atoms with Gasteiger partial charge in [-0.2, -0.15) is 0 Å². The first kappa shape index (κ1) is 18.9. The molecule has 2 aromatic rings. The normalized spacial score (nSPS) is 10.6. The zero-order chi connectivity index (χ0) is 18.3. The van der Waals surface area contributed by atoms with Crippen LogP contribution in [0.2, 0.25) is 5.02 Å². The molecule has 2 rings (SSSR count). The third kappa shape index (κ3) is 5.85. The number of ether oxygens (including phenoxy) is 1. The Hall–Kier alpha value is -2.44. The van der Waals surface area contributed by atoms with Crippen molar-refractivity contribution in [3.63, 3.8) is 0 Å². The lowest BCUT2D eigenvalue weighted by Crippen LogP contribution is -2.23. The summed E-state index contributed by atoms with van der Waals surface area (Å²) in [6.07, 6.45) is 0. The van der Waals surface area contributed by atoms with Crippen LogP contribution in [-0.4, -0.2) is 19.1 Å². The summed E-state index contributed by atoms with van der Waals surface area (Å²) in [5.41, 5.74) is 1.89. The van der Waals surface area contributed by atoms with Gasteiger partial charge in [0.25, 0.3) is 5.91 Å². The number of rotatable bonds is 4. The lowest BCUT2D eigenvalue weighted by atomic mass is 9.87. The van der Waals surface area contributed by atoms with Crippen LogP contribution in [0.3, 0.4) is 0 Å². The number of para-hydroxylation sites is 1. The standard InChI is InChI=1S/C21H22ClNO2/c1-21(2,3)17-12-10-16(11-13-17)20(24)23-14-6-7-15-25-19-9-5-4-8-18(19)22/h4-5,8-13H,14-15H2,1-3H3,(H,23,24). The molecular weight excluding hydrogens is 334 g/mol. The van der Waals surface area contributed by atoms with E-state index in [9.17, 15) is 4.79 Å². The predicted molar refractivity (Wildman–Crippen MR) is 102 cm³/mol. The van der Waals surface area contributed by atoms with Gasteiger partial charge in [0.15, 0.2) is 0 Å². The van der Waals surface area contributed by atoms with Crippen molar-refractivity contribution in [2.24, 2.45) is 0 Å². The second-order valence-corrected chi connectivity index (χ2v) is 6.99. The van der Waals surface area contributed by atoms with Crippen molar-refractivity contribution in [1.29, 1.82) is 0 Å². The Labute approximate surface area is 154 Å². The molecule has 4 heteroatoms. The summed E-state index contributed by atoms with van der Waals surface area (Å²) in [4.78, 5) is 12.1. The highest BCUT2D eigenvalue weighted by Crippen LogP contribution is 2.23. The molecule has 1 N–H and O–H groups in total. The van der Waals surface area contributed by atoms with Gasteiger partial charge in [-0.3, -0.25) is 4.79 Å². The summed E-state index contributed by atoms with van der Waals surface area (Å²) >= 11 is 5.98. The van der Waals surface area contributed by atoms with E-state index < -0.39 is 0 Å². The van der Waals surface area contributed by atoms with E-state index in [-0.39, 0.29) is 24.5 Å². The van der Waals surface area contributed by atoms with Crippen LogP contribution in [0.5, 0.6) is 5.75 Å². The third-order valence-corrected chi connectivity index (χ3v) is 3.92. The van der Waals surface area contributed by atoms with E-state index >= 15 is 0 Å². The molecule has 0 aromatic heterocycles. The Morgan fingerprint density at radius 3 is 2.40 bits per heavy atom. The minimum Gasteiger partial charge on any atom is -0.479 e. The fraction of sp³-hybridized carbons (Fsp3) is 0.286. The highest BCUT2D eigenvalue weighted by Gasteiger charge is 2.13. The van der Waals surface area contributed by atoms with Crippen molar-refractivity contribution in [3.05, 3.63) is 64.7 Å². The number of carbonyl (C=O) groups excluding carboxylic acids is 1. The van der Waals surface area contributed by atoms with Crippen LogP contribution in [0.4, 0.5) is 0 Å². The summed E-state index contributed by atoms with van der Waals surface area (Å²) in [7, 11) is 0. The highest BCUT2D eigenvalue weighted by molar-refractivity contribution is 6.32. The maximum atomic E-state index is 12.1. The van der Waals surface area contributed by atoms with Gasteiger partial charge in [-0.1, -0.05) is 68.5 Å². The summed E-state index contributed by atoms with van der Waals surface area (Å²) < 4.78 is 5.46. The maximum absolute atomic E-state index is 12.1. The number of hydrogen-bond acceptors (Lipinski definition) is 2. The first-order valence-corrected chi connectivity index (χ1v) is 8.47. The molecule has 0 saturated carbocycles. The quantitative estimate of drug-likeness (QED) is 0.823. The monoisotopic (exact) mass is 355 g/mol. The van der Waals surface area contributed by atoms with Gasteiger partial charge >= 0.3 is 0 Å². The fourth-order valence-corrected chi connectivity index (χ4v) is 2.33. The third-order valence-electron chi connectivity index (χ3n) is 3.61. The van der Waals surface area contributed by atoms with Gasteiger partial charge < -0.3 is 10.1 Å². The molecule has 25 heavy (non-hydrogen) atoms. The van der Waals surface area contributed by atoms with Crippen molar-refractivity contribution < 1.29 is 9.53 Å². The van der Waals surface area contributed by atoms with Gasteiger partial charge in [0.05, 0.1) is 11.6 Å². The molecule has 0 aliphatic heterocycles. The van der Waals surface area contributed by atoms with Crippen LogP contribution in [0.15, 0.2) is 48.5 Å². The number of nitrogens with one attached hydrogen (secondary N) is 1. The molecular formula is C21H22ClNO2. The van der Waals surface area contributed by atoms with Crippen LogP contribution in [0.25, 0.3) is 0 Å². The second-order valence-electron chi connectivity index (χ2n) is 6.58. The highest BCUT2D eigenvalue weighted by atomic mass is 35.5. The van der Waals surface area contributed by atoms with Gasteiger partial charge in [-0.05, 0) is 35.2 Å². The molecule has 0 radical (unpaired) electrons. The molecule has 0 fully saturated rings. The van der Waals surface area contributed by atoms with Crippen LogP contribution < -0.4 is 10.1 Å². The molecule has 0 unspecified atom stereocenters.